The molecule has 0 spiro atoms. The molecule has 1 atom stereocenters. The molecule has 108 valence electrons. The maximum absolute atomic E-state index is 13.2. The average Bonchev–Trinajstić information content (AvgIpc) is 2.73. The summed E-state index contributed by atoms with van der Waals surface area (Å²) in [7, 11) is 0. The van der Waals surface area contributed by atoms with Crippen molar-refractivity contribution in [2.45, 2.75) is 25.9 Å². The molecular formula is C17H16FNO2. The van der Waals surface area contributed by atoms with Gasteiger partial charge in [-0.2, -0.15) is 0 Å². The van der Waals surface area contributed by atoms with E-state index in [4.69, 9.17) is 4.74 Å². The van der Waals surface area contributed by atoms with E-state index in [2.05, 4.69) is 18.8 Å². The number of hydrogen-bond donors (Lipinski definition) is 0. The number of fused-ring (bicyclic) bond motifs is 1. The minimum absolute atomic E-state index is 0.300. The Balaban J connectivity index is 2.20. The van der Waals surface area contributed by atoms with Crippen LogP contribution in [0.1, 0.15) is 41.8 Å². The van der Waals surface area contributed by atoms with Crippen molar-refractivity contribution in [3.63, 3.8) is 0 Å². The second-order valence-corrected chi connectivity index (χ2v) is 5.74. The van der Waals surface area contributed by atoms with Crippen molar-refractivity contribution in [1.29, 1.82) is 0 Å². The third-order valence-corrected chi connectivity index (χ3v) is 3.75. The lowest BCUT2D eigenvalue weighted by Crippen LogP contribution is -2.30. The topological polar surface area (TPSA) is 39.2 Å². The van der Waals surface area contributed by atoms with Crippen LogP contribution in [0.5, 0.6) is 0 Å². The summed E-state index contributed by atoms with van der Waals surface area (Å²) >= 11 is 0. The number of halogens is 1. The van der Waals surface area contributed by atoms with Gasteiger partial charge in [-0.25, -0.2) is 9.18 Å². The summed E-state index contributed by atoms with van der Waals surface area (Å²) in [6.45, 7) is 4.13. The van der Waals surface area contributed by atoms with Crippen LogP contribution in [-0.4, -0.2) is 11.0 Å². The summed E-state index contributed by atoms with van der Waals surface area (Å²) in [5.41, 5.74) is 1.20. The lowest BCUT2D eigenvalue weighted by atomic mass is 9.80. The third kappa shape index (κ3) is 2.20. The molecule has 0 saturated heterocycles. The highest BCUT2D eigenvalue weighted by Crippen LogP contribution is 2.45. The first-order chi connectivity index (χ1) is 10.0. The van der Waals surface area contributed by atoms with E-state index in [-0.39, 0.29) is 11.8 Å². The number of pyridine rings is 1. The standard InChI is InChI=1S/C17H16FNO2/c1-11(2)9-17(12-3-5-13(18)6-4-12)15-10-19-8-7-14(15)16(20)21-17/h3-8,10-11H,9H2,1-2H3. The van der Waals surface area contributed by atoms with Gasteiger partial charge in [-0.3, -0.25) is 4.98 Å². The molecule has 1 aliphatic rings. The summed E-state index contributed by atoms with van der Waals surface area (Å²) in [4.78, 5) is 16.3. The zero-order valence-corrected chi connectivity index (χ0v) is 12.0. The van der Waals surface area contributed by atoms with E-state index in [1.165, 1.54) is 12.1 Å². The fourth-order valence-electron chi connectivity index (χ4n) is 2.94. The molecule has 1 unspecified atom stereocenters. The molecule has 3 rings (SSSR count). The molecule has 0 saturated carbocycles. The van der Waals surface area contributed by atoms with Crippen LogP contribution < -0.4 is 0 Å². The molecule has 2 aromatic rings. The molecule has 0 fully saturated rings. The summed E-state index contributed by atoms with van der Waals surface area (Å²) < 4.78 is 19.0. The van der Waals surface area contributed by atoms with Crippen molar-refractivity contribution < 1.29 is 13.9 Å². The van der Waals surface area contributed by atoms with Crippen molar-refractivity contribution in [3.8, 4) is 0 Å². The molecule has 1 aliphatic heterocycles. The van der Waals surface area contributed by atoms with Crippen LogP contribution in [-0.2, 0) is 10.3 Å². The first-order valence-electron chi connectivity index (χ1n) is 6.97. The van der Waals surface area contributed by atoms with Gasteiger partial charge in [0, 0.05) is 23.5 Å². The minimum Gasteiger partial charge on any atom is -0.446 e. The molecule has 1 aromatic carbocycles. The number of nitrogens with zero attached hydrogens (tertiary/aromatic N) is 1. The van der Waals surface area contributed by atoms with Gasteiger partial charge < -0.3 is 4.74 Å². The fraction of sp³-hybridized carbons (Fsp3) is 0.294. The number of benzene rings is 1. The summed E-state index contributed by atoms with van der Waals surface area (Å²) in [5.74, 6) is -0.361. The van der Waals surface area contributed by atoms with E-state index in [9.17, 15) is 9.18 Å². The number of hydrogen-bond acceptors (Lipinski definition) is 3. The molecule has 0 N–H and O–H groups in total. The largest absolute Gasteiger partial charge is 0.446 e. The second kappa shape index (κ2) is 4.95. The van der Waals surface area contributed by atoms with Crippen molar-refractivity contribution >= 4 is 5.97 Å². The SMILES string of the molecule is CC(C)CC1(c2ccc(F)cc2)OC(=O)c2ccncc21. The van der Waals surface area contributed by atoms with Crippen molar-refractivity contribution in [2.75, 3.05) is 0 Å². The third-order valence-electron chi connectivity index (χ3n) is 3.75. The van der Waals surface area contributed by atoms with Crippen LogP contribution in [0.2, 0.25) is 0 Å². The van der Waals surface area contributed by atoms with Gasteiger partial charge in [0.1, 0.15) is 5.82 Å². The Kier molecular flexibility index (Phi) is 3.24. The highest BCUT2D eigenvalue weighted by Gasteiger charge is 2.47. The average molecular weight is 285 g/mol. The number of aromatic nitrogens is 1. The number of ether oxygens (including phenoxy) is 1. The first-order valence-corrected chi connectivity index (χ1v) is 6.97. The zero-order valence-electron chi connectivity index (χ0n) is 12.0. The van der Waals surface area contributed by atoms with Gasteiger partial charge in [-0.1, -0.05) is 26.0 Å². The van der Waals surface area contributed by atoms with Crippen LogP contribution in [0.25, 0.3) is 0 Å². The van der Waals surface area contributed by atoms with Gasteiger partial charge >= 0.3 is 5.97 Å². The van der Waals surface area contributed by atoms with Gasteiger partial charge in [0.05, 0.1) is 5.56 Å². The van der Waals surface area contributed by atoms with Crippen molar-refractivity contribution in [1.82, 2.24) is 4.98 Å². The Morgan fingerprint density at radius 2 is 1.95 bits per heavy atom. The zero-order chi connectivity index (χ0) is 15.0. The van der Waals surface area contributed by atoms with Crippen LogP contribution >= 0.6 is 0 Å². The maximum Gasteiger partial charge on any atom is 0.339 e. The van der Waals surface area contributed by atoms with Crippen LogP contribution in [0.3, 0.4) is 0 Å². The Morgan fingerprint density at radius 3 is 2.62 bits per heavy atom. The Bertz CT molecular complexity index is 681. The van der Waals surface area contributed by atoms with E-state index >= 15 is 0 Å². The molecule has 1 aromatic heterocycles. The number of esters is 1. The molecule has 0 aliphatic carbocycles. The Labute approximate surface area is 122 Å². The van der Waals surface area contributed by atoms with Crippen LogP contribution in [0.15, 0.2) is 42.7 Å². The van der Waals surface area contributed by atoms with Gasteiger partial charge in [0.2, 0.25) is 0 Å². The van der Waals surface area contributed by atoms with Crippen molar-refractivity contribution in [3.05, 3.63) is 65.2 Å². The fourth-order valence-corrected chi connectivity index (χ4v) is 2.94. The lowest BCUT2D eigenvalue weighted by Gasteiger charge is -2.31. The lowest BCUT2D eigenvalue weighted by molar-refractivity contribution is 0.00219. The highest BCUT2D eigenvalue weighted by atomic mass is 19.1. The van der Waals surface area contributed by atoms with E-state index in [0.717, 1.165) is 11.1 Å². The number of rotatable bonds is 3. The maximum atomic E-state index is 13.2. The minimum atomic E-state index is -0.872. The van der Waals surface area contributed by atoms with Gasteiger partial charge in [0.25, 0.3) is 0 Å². The van der Waals surface area contributed by atoms with E-state index in [1.807, 2.05) is 0 Å². The predicted octanol–water partition coefficient (Wildman–Crippen LogP) is 3.68. The Morgan fingerprint density at radius 1 is 1.24 bits per heavy atom. The Hall–Kier alpha value is -2.23. The molecule has 2 heterocycles. The summed E-state index contributed by atoms with van der Waals surface area (Å²) in [6, 6.07) is 7.79. The molecule has 0 radical (unpaired) electrons. The quantitative estimate of drug-likeness (QED) is 0.807. The van der Waals surface area contributed by atoms with Gasteiger partial charge in [0.15, 0.2) is 5.60 Å². The van der Waals surface area contributed by atoms with E-state index in [1.54, 1.807) is 30.6 Å². The second-order valence-electron chi connectivity index (χ2n) is 5.74. The van der Waals surface area contributed by atoms with E-state index in [0.29, 0.717) is 17.9 Å². The van der Waals surface area contributed by atoms with Gasteiger partial charge in [-0.05, 0) is 30.5 Å². The molecule has 3 nitrogen and oxygen atoms in total. The molecule has 0 bridgehead atoms. The normalized spacial score (nSPS) is 20.5. The summed E-state index contributed by atoms with van der Waals surface area (Å²) in [6.07, 6.45) is 3.88. The van der Waals surface area contributed by atoms with Crippen LogP contribution in [0.4, 0.5) is 4.39 Å². The predicted molar refractivity (Wildman–Crippen MR) is 76.3 cm³/mol. The number of cyclic esters (lactones) is 1. The van der Waals surface area contributed by atoms with Crippen molar-refractivity contribution in [2.24, 2.45) is 5.92 Å². The monoisotopic (exact) mass is 285 g/mol. The van der Waals surface area contributed by atoms with Gasteiger partial charge in [-0.15, -0.1) is 0 Å². The van der Waals surface area contributed by atoms with Crippen LogP contribution in [0, 0.1) is 11.7 Å². The molecular weight excluding hydrogens is 269 g/mol. The molecule has 0 amide bonds. The number of carbonyl (C=O) groups excluding carboxylic acids is 1. The number of carbonyl (C=O) groups is 1. The first kappa shape index (κ1) is 13.7. The summed E-state index contributed by atoms with van der Waals surface area (Å²) in [5, 5.41) is 0. The molecule has 21 heavy (non-hydrogen) atoms. The van der Waals surface area contributed by atoms with E-state index < -0.39 is 5.60 Å². The smallest absolute Gasteiger partial charge is 0.339 e. The highest BCUT2D eigenvalue weighted by molar-refractivity contribution is 5.95. The molecule has 4 heteroatoms.